The minimum atomic E-state index is -0.410. The molecule has 0 aliphatic carbocycles. The zero-order valence-corrected chi connectivity index (χ0v) is 13.7. The van der Waals surface area contributed by atoms with Crippen LogP contribution in [0, 0.1) is 12.7 Å². The standard InChI is InChI=1S/C16H19ClFN3O/c1-4-14-10(3)15(20-19-14)16(22)21(5-2)9-11-12(17)7-6-8-13(11)18/h6-8H,4-5,9H2,1-3H3,(H,19,20). The lowest BCUT2D eigenvalue weighted by molar-refractivity contribution is 0.0744. The first-order valence-corrected chi connectivity index (χ1v) is 7.63. The molecule has 2 rings (SSSR count). The van der Waals surface area contributed by atoms with Gasteiger partial charge < -0.3 is 4.90 Å². The third-order valence-corrected chi connectivity index (χ3v) is 4.10. The number of hydrogen-bond acceptors (Lipinski definition) is 2. The number of carbonyl (C=O) groups is 1. The number of nitrogens with one attached hydrogen (secondary N) is 1. The molecule has 0 aliphatic heterocycles. The number of H-pyrrole nitrogens is 1. The maximum absolute atomic E-state index is 13.9. The van der Waals surface area contributed by atoms with Crippen molar-refractivity contribution in [1.82, 2.24) is 15.1 Å². The van der Waals surface area contributed by atoms with Crippen LogP contribution in [-0.2, 0) is 13.0 Å². The van der Waals surface area contributed by atoms with E-state index >= 15 is 0 Å². The maximum Gasteiger partial charge on any atom is 0.274 e. The predicted molar refractivity (Wildman–Crippen MR) is 84.5 cm³/mol. The van der Waals surface area contributed by atoms with E-state index in [1.807, 2.05) is 20.8 Å². The maximum atomic E-state index is 13.9. The molecule has 1 aromatic heterocycles. The van der Waals surface area contributed by atoms with Crippen molar-refractivity contribution < 1.29 is 9.18 Å². The number of rotatable bonds is 5. The molecule has 0 unspecified atom stereocenters. The van der Waals surface area contributed by atoms with E-state index in [0.29, 0.717) is 22.8 Å². The fourth-order valence-electron chi connectivity index (χ4n) is 2.34. The Morgan fingerprint density at radius 1 is 1.41 bits per heavy atom. The van der Waals surface area contributed by atoms with E-state index in [0.717, 1.165) is 17.7 Å². The molecule has 1 aromatic carbocycles. The van der Waals surface area contributed by atoms with Gasteiger partial charge in [-0.05, 0) is 32.4 Å². The van der Waals surface area contributed by atoms with Crippen molar-refractivity contribution in [2.45, 2.75) is 33.7 Å². The van der Waals surface area contributed by atoms with Crippen molar-refractivity contribution in [3.05, 3.63) is 51.6 Å². The predicted octanol–water partition coefficient (Wildman–Crippen LogP) is 3.74. The number of amides is 1. The van der Waals surface area contributed by atoms with Gasteiger partial charge in [-0.2, -0.15) is 5.10 Å². The van der Waals surface area contributed by atoms with Gasteiger partial charge in [-0.1, -0.05) is 24.6 Å². The molecule has 4 nitrogen and oxygen atoms in total. The third-order valence-electron chi connectivity index (χ3n) is 3.75. The van der Waals surface area contributed by atoms with Crippen LogP contribution in [0.15, 0.2) is 18.2 Å². The highest BCUT2D eigenvalue weighted by Gasteiger charge is 2.22. The van der Waals surface area contributed by atoms with Crippen LogP contribution in [0.25, 0.3) is 0 Å². The number of carbonyl (C=O) groups excluding carboxylic acids is 1. The van der Waals surface area contributed by atoms with Gasteiger partial charge in [-0.3, -0.25) is 9.89 Å². The molecule has 6 heteroatoms. The molecule has 118 valence electrons. The number of halogens is 2. The van der Waals surface area contributed by atoms with Crippen LogP contribution in [0.2, 0.25) is 5.02 Å². The summed E-state index contributed by atoms with van der Waals surface area (Å²) >= 11 is 6.04. The number of nitrogens with zero attached hydrogens (tertiary/aromatic N) is 2. The summed E-state index contributed by atoms with van der Waals surface area (Å²) in [6.45, 7) is 6.26. The van der Waals surface area contributed by atoms with Crippen molar-refractivity contribution in [3.8, 4) is 0 Å². The lowest BCUT2D eigenvalue weighted by Crippen LogP contribution is -2.31. The Labute approximate surface area is 134 Å². The molecular formula is C16H19ClFN3O. The van der Waals surface area contributed by atoms with E-state index in [1.165, 1.54) is 11.0 Å². The Bertz CT molecular complexity index is 664. The van der Waals surface area contributed by atoms with Crippen molar-refractivity contribution >= 4 is 17.5 Å². The molecular weight excluding hydrogens is 305 g/mol. The number of aromatic nitrogens is 2. The summed E-state index contributed by atoms with van der Waals surface area (Å²) in [5, 5.41) is 7.29. The van der Waals surface area contributed by atoms with E-state index in [1.54, 1.807) is 12.1 Å². The van der Waals surface area contributed by atoms with Gasteiger partial charge in [-0.15, -0.1) is 0 Å². The smallest absolute Gasteiger partial charge is 0.274 e. The van der Waals surface area contributed by atoms with Crippen LogP contribution in [0.4, 0.5) is 4.39 Å². The Kier molecular flexibility index (Phi) is 5.19. The molecule has 22 heavy (non-hydrogen) atoms. The minimum Gasteiger partial charge on any atom is -0.333 e. The Morgan fingerprint density at radius 2 is 2.14 bits per heavy atom. The zero-order chi connectivity index (χ0) is 16.3. The third kappa shape index (κ3) is 3.14. The molecule has 0 radical (unpaired) electrons. The molecule has 1 N–H and O–H groups in total. The van der Waals surface area contributed by atoms with Crippen LogP contribution in [0.3, 0.4) is 0 Å². The summed E-state index contributed by atoms with van der Waals surface area (Å²) in [6.07, 6.45) is 0.775. The SMILES string of the molecule is CCc1[nH]nc(C(=O)N(CC)Cc2c(F)cccc2Cl)c1C. The van der Waals surface area contributed by atoms with Gasteiger partial charge >= 0.3 is 0 Å². The fourth-order valence-corrected chi connectivity index (χ4v) is 2.56. The summed E-state index contributed by atoms with van der Waals surface area (Å²) in [5.74, 6) is -0.637. The summed E-state index contributed by atoms with van der Waals surface area (Å²) in [7, 11) is 0. The molecule has 0 spiro atoms. The Morgan fingerprint density at radius 3 is 2.68 bits per heavy atom. The highest BCUT2D eigenvalue weighted by atomic mass is 35.5. The van der Waals surface area contributed by atoms with E-state index in [9.17, 15) is 9.18 Å². The molecule has 0 aliphatic rings. The highest BCUT2D eigenvalue weighted by Crippen LogP contribution is 2.22. The number of hydrogen-bond donors (Lipinski definition) is 1. The van der Waals surface area contributed by atoms with E-state index < -0.39 is 5.82 Å². The van der Waals surface area contributed by atoms with Gasteiger partial charge in [0.2, 0.25) is 0 Å². The van der Waals surface area contributed by atoms with Crippen molar-refractivity contribution in [2.75, 3.05) is 6.54 Å². The second-order valence-corrected chi connectivity index (χ2v) is 5.46. The van der Waals surface area contributed by atoms with E-state index in [2.05, 4.69) is 10.2 Å². The quantitative estimate of drug-likeness (QED) is 0.911. The molecule has 0 saturated carbocycles. The first kappa shape index (κ1) is 16.5. The largest absolute Gasteiger partial charge is 0.333 e. The van der Waals surface area contributed by atoms with Crippen LogP contribution in [0.5, 0.6) is 0 Å². The van der Waals surface area contributed by atoms with Gasteiger partial charge in [0.25, 0.3) is 5.91 Å². The molecule has 0 bridgehead atoms. The monoisotopic (exact) mass is 323 g/mol. The summed E-state index contributed by atoms with van der Waals surface area (Å²) in [4.78, 5) is 14.2. The van der Waals surface area contributed by atoms with Crippen LogP contribution in [0.1, 0.15) is 41.2 Å². The van der Waals surface area contributed by atoms with Gasteiger partial charge in [0.15, 0.2) is 5.69 Å². The fraction of sp³-hybridized carbons (Fsp3) is 0.375. The Hall–Kier alpha value is -1.88. The van der Waals surface area contributed by atoms with Gasteiger partial charge in [-0.25, -0.2) is 4.39 Å². The molecule has 0 atom stereocenters. The average Bonchev–Trinajstić information content (AvgIpc) is 2.87. The van der Waals surface area contributed by atoms with E-state index in [-0.39, 0.29) is 12.5 Å². The average molecular weight is 324 g/mol. The summed E-state index contributed by atoms with van der Waals surface area (Å²) < 4.78 is 13.9. The Balaban J connectivity index is 2.28. The number of aromatic amines is 1. The number of aryl methyl sites for hydroxylation is 1. The zero-order valence-electron chi connectivity index (χ0n) is 12.9. The highest BCUT2D eigenvalue weighted by molar-refractivity contribution is 6.31. The molecule has 0 saturated heterocycles. The summed E-state index contributed by atoms with van der Waals surface area (Å²) in [6, 6.07) is 4.51. The first-order chi connectivity index (χ1) is 10.5. The van der Waals surface area contributed by atoms with Crippen LogP contribution < -0.4 is 0 Å². The second kappa shape index (κ2) is 6.92. The van der Waals surface area contributed by atoms with Gasteiger partial charge in [0.05, 0.1) is 6.54 Å². The van der Waals surface area contributed by atoms with Gasteiger partial charge in [0, 0.05) is 28.4 Å². The van der Waals surface area contributed by atoms with Crippen molar-refractivity contribution in [2.24, 2.45) is 0 Å². The lowest BCUT2D eigenvalue weighted by Gasteiger charge is -2.21. The first-order valence-electron chi connectivity index (χ1n) is 7.25. The van der Waals surface area contributed by atoms with Crippen LogP contribution >= 0.6 is 11.6 Å². The molecule has 1 heterocycles. The lowest BCUT2D eigenvalue weighted by atomic mass is 10.1. The number of benzene rings is 1. The van der Waals surface area contributed by atoms with Gasteiger partial charge in [0.1, 0.15) is 5.82 Å². The summed E-state index contributed by atoms with van der Waals surface area (Å²) in [5.41, 5.74) is 2.48. The topological polar surface area (TPSA) is 49.0 Å². The van der Waals surface area contributed by atoms with Crippen LogP contribution in [-0.4, -0.2) is 27.5 Å². The molecule has 0 fully saturated rings. The van der Waals surface area contributed by atoms with Crippen molar-refractivity contribution in [1.29, 1.82) is 0 Å². The molecule has 2 aromatic rings. The minimum absolute atomic E-state index is 0.120. The normalized spacial score (nSPS) is 10.8. The van der Waals surface area contributed by atoms with E-state index in [4.69, 9.17) is 11.6 Å². The van der Waals surface area contributed by atoms with Crippen molar-refractivity contribution in [3.63, 3.8) is 0 Å². The molecule has 1 amide bonds. The second-order valence-electron chi connectivity index (χ2n) is 5.05.